The number of anilines is 1. The van der Waals surface area contributed by atoms with Gasteiger partial charge in [-0.25, -0.2) is 0 Å². The maximum atomic E-state index is 12.3. The lowest BCUT2D eigenvalue weighted by Crippen LogP contribution is -2.48. The van der Waals surface area contributed by atoms with Gasteiger partial charge in [-0.2, -0.15) is 15.7 Å². The number of fused-ring (bicyclic) bond motifs is 1. The number of carbonyl (C=O) groups is 1. The summed E-state index contributed by atoms with van der Waals surface area (Å²) in [6.45, 7) is 3.12. The smallest absolute Gasteiger partial charge is 0.246 e. The van der Waals surface area contributed by atoms with Gasteiger partial charge in [-0.05, 0) is 52.1 Å². The second-order valence-corrected chi connectivity index (χ2v) is 7.29. The van der Waals surface area contributed by atoms with Crippen molar-refractivity contribution in [1.29, 1.82) is 0 Å². The third kappa shape index (κ3) is 3.07. The van der Waals surface area contributed by atoms with Gasteiger partial charge >= 0.3 is 0 Å². The van der Waals surface area contributed by atoms with Crippen LogP contribution in [0.3, 0.4) is 0 Å². The van der Waals surface area contributed by atoms with Gasteiger partial charge in [0.2, 0.25) is 5.91 Å². The Morgan fingerprint density at radius 3 is 2.75 bits per heavy atom. The van der Waals surface area contributed by atoms with Gasteiger partial charge in [-0.15, -0.1) is 0 Å². The van der Waals surface area contributed by atoms with Crippen molar-refractivity contribution in [2.24, 2.45) is 0 Å². The number of aromatic nitrogens is 1. The molecule has 1 aliphatic rings. The summed E-state index contributed by atoms with van der Waals surface area (Å²) < 4.78 is 5.82. The molecule has 122 valence electrons. The molecular weight excluding hydrogens is 338 g/mol. The fourth-order valence-corrected chi connectivity index (χ4v) is 4.31. The van der Waals surface area contributed by atoms with E-state index < -0.39 is 0 Å². The van der Waals surface area contributed by atoms with E-state index in [9.17, 15) is 4.79 Å². The summed E-state index contributed by atoms with van der Waals surface area (Å²) in [5.41, 5.74) is 1.08. The van der Waals surface area contributed by atoms with Crippen molar-refractivity contribution in [2.75, 3.05) is 31.1 Å². The SMILES string of the molecule is O=C(C=Cc1ccsc1)N1CCN(c2nsc3ccccc23)CC1. The molecule has 0 aliphatic carbocycles. The Kier molecular flexibility index (Phi) is 4.32. The number of thiophene rings is 1. The average molecular weight is 355 g/mol. The molecule has 0 saturated carbocycles. The first-order valence-electron chi connectivity index (χ1n) is 7.90. The first-order chi connectivity index (χ1) is 11.8. The van der Waals surface area contributed by atoms with Crippen LogP contribution in [0.15, 0.2) is 47.2 Å². The molecule has 0 unspecified atom stereocenters. The van der Waals surface area contributed by atoms with Crippen LogP contribution < -0.4 is 4.90 Å². The molecule has 1 aromatic carbocycles. The number of piperazine rings is 1. The predicted molar refractivity (Wildman–Crippen MR) is 102 cm³/mol. The normalized spacial score (nSPS) is 15.5. The summed E-state index contributed by atoms with van der Waals surface area (Å²) in [5, 5.41) is 5.26. The Labute approximate surface area is 148 Å². The molecule has 1 aliphatic heterocycles. The molecule has 3 heterocycles. The summed E-state index contributed by atoms with van der Waals surface area (Å²) in [6, 6.07) is 10.3. The monoisotopic (exact) mass is 355 g/mol. The third-order valence-electron chi connectivity index (χ3n) is 4.21. The highest BCUT2D eigenvalue weighted by molar-refractivity contribution is 7.13. The van der Waals surface area contributed by atoms with E-state index in [2.05, 4.69) is 27.5 Å². The quantitative estimate of drug-likeness (QED) is 0.672. The maximum absolute atomic E-state index is 12.3. The first-order valence-corrected chi connectivity index (χ1v) is 9.61. The van der Waals surface area contributed by atoms with E-state index in [1.807, 2.05) is 33.9 Å². The number of benzene rings is 1. The van der Waals surface area contributed by atoms with E-state index >= 15 is 0 Å². The Balaban J connectivity index is 1.40. The molecule has 4 nitrogen and oxygen atoms in total. The molecule has 24 heavy (non-hydrogen) atoms. The minimum Gasteiger partial charge on any atom is -0.352 e. The summed E-state index contributed by atoms with van der Waals surface area (Å²) in [4.78, 5) is 16.5. The average Bonchev–Trinajstić information content (AvgIpc) is 3.29. The van der Waals surface area contributed by atoms with E-state index in [1.165, 1.54) is 21.6 Å². The molecule has 3 aromatic rings. The van der Waals surface area contributed by atoms with Crippen molar-refractivity contribution in [3.8, 4) is 0 Å². The molecule has 0 radical (unpaired) electrons. The summed E-state index contributed by atoms with van der Waals surface area (Å²) >= 11 is 3.18. The van der Waals surface area contributed by atoms with Crippen molar-refractivity contribution in [3.05, 3.63) is 52.7 Å². The van der Waals surface area contributed by atoms with Crippen LogP contribution in [-0.2, 0) is 4.79 Å². The van der Waals surface area contributed by atoms with Crippen molar-refractivity contribution < 1.29 is 4.79 Å². The van der Waals surface area contributed by atoms with Crippen molar-refractivity contribution in [1.82, 2.24) is 9.27 Å². The van der Waals surface area contributed by atoms with Crippen molar-refractivity contribution in [3.63, 3.8) is 0 Å². The van der Waals surface area contributed by atoms with E-state index in [4.69, 9.17) is 0 Å². The second-order valence-electron chi connectivity index (χ2n) is 5.70. The minimum atomic E-state index is 0.0870. The van der Waals surface area contributed by atoms with Gasteiger partial charge in [0.1, 0.15) is 5.82 Å². The van der Waals surface area contributed by atoms with Crippen LogP contribution in [0, 0.1) is 0 Å². The molecule has 0 atom stereocenters. The number of nitrogens with zero attached hydrogens (tertiary/aromatic N) is 3. The van der Waals surface area contributed by atoms with Gasteiger partial charge in [0.15, 0.2) is 0 Å². The highest BCUT2D eigenvalue weighted by Crippen LogP contribution is 2.29. The van der Waals surface area contributed by atoms with Crippen LogP contribution in [0.2, 0.25) is 0 Å². The lowest BCUT2D eigenvalue weighted by molar-refractivity contribution is -0.126. The fraction of sp³-hybridized carbons (Fsp3) is 0.222. The van der Waals surface area contributed by atoms with Crippen LogP contribution in [0.4, 0.5) is 5.82 Å². The van der Waals surface area contributed by atoms with E-state index in [1.54, 1.807) is 17.4 Å². The van der Waals surface area contributed by atoms with Gasteiger partial charge in [0.25, 0.3) is 0 Å². The zero-order chi connectivity index (χ0) is 16.4. The van der Waals surface area contributed by atoms with Crippen molar-refractivity contribution in [2.45, 2.75) is 0 Å². The van der Waals surface area contributed by atoms with Crippen LogP contribution in [0.1, 0.15) is 5.56 Å². The number of hydrogen-bond donors (Lipinski definition) is 0. The number of amides is 1. The minimum absolute atomic E-state index is 0.0870. The molecular formula is C18H17N3OS2. The molecule has 4 rings (SSSR count). The molecule has 2 aromatic heterocycles. The van der Waals surface area contributed by atoms with Crippen LogP contribution >= 0.6 is 22.9 Å². The van der Waals surface area contributed by atoms with Gasteiger partial charge in [-0.3, -0.25) is 4.79 Å². The maximum Gasteiger partial charge on any atom is 0.246 e. The zero-order valence-corrected chi connectivity index (χ0v) is 14.7. The molecule has 0 bridgehead atoms. The largest absolute Gasteiger partial charge is 0.352 e. The number of carbonyl (C=O) groups excluding carboxylic acids is 1. The Morgan fingerprint density at radius 1 is 1.12 bits per heavy atom. The standard InChI is InChI=1S/C18H17N3OS2/c22-17(6-5-14-7-12-23-13-14)20-8-10-21(11-9-20)18-15-3-1-2-4-16(15)24-19-18/h1-7,12-13H,8-11H2. The zero-order valence-electron chi connectivity index (χ0n) is 13.1. The number of hydrogen-bond acceptors (Lipinski definition) is 5. The molecule has 6 heteroatoms. The van der Waals surface area contributed by atoms with Crippen LogP contribution in [0.25, 0.3) is 16.2 Å². The fourth-order valence-electron chi connectivity index (χ4n) is 2.88. The highest BCUT2D eigenvalue weighted by atomic mass is 32.1. The van der Waals surface area contributed by atoms with E-state index in [-0.39, 0.29) is 5.91 Å². The molecule has 0 N–H and O–H groups in total. The summed E-state index contributed by atoms with van der Waals surface area (Å²) in [5.74, 6) is 1.14. The van der Waals surface area contributed by atoms with Gasteiger partial charge < -0.3 is 9.80 Å². The summed E-state index contributed by atoms with van der Waals surface area (Å²) in [6.07, 6.45) is 3.56. The summed E-state index contributed by atoms with van der Waals surface area (Å²) in [7, 11) is 0. The molecule has 1 saturated heterocycles. The third-order valence-corrected chi connectivity index (χ3v) is 5.73. The first kappa shape index (κ1) is 15.4. The molecule has 1 fully saturated rings. The van der Waals surface area contributed by atoms with Crippen LogP contribution in [-0.4, -0.2) is 41.4 Å². The molecule has 1 amide bonds. The Bertz CT molecular complexity index is 861. The highest BCUT2D eigenvalue weighted by Gasteiger charge is 2.22. The van der Waals surface area contributed by atoms with E-state index in [0.29, 0.717) is 0 Å². The van der Waals surface area contributed by atoms with E-state index in [0.717, 1.165) is 37.6 Å². The predicted octanol–water partition coefficient (Wildman–Crippen LogP) is 3.72. The number of rotatable bonds is 3. The lowest BCUT2D eigenvalue weighted by Gasteiger charge is -2.34. The van der Waals surface area contributed by atoms with Gasteiger partial charge in [-0.1, -0.05) is 12.1 Å². The topological polar surface area (TPSA) is 36.4 Å². The Hall–Kier alpha value is -2.18. The lowest BCUT2D eigenvalue weighted by atomic mass is 10.2. The van der Waals surface area contributed by atoms with Gasteiger partial charge in [0.05, 0.1) is 4.70 Å². The van der Waals surface area contributed by atoms with Crippen LogP contribution in [0.5, 0.6) is 0 Å². The molecule has 0 spiro atoms. The van der Waals surface area contributed by atoms with Crippen molar-refractivity contribution >= 4 is 50.8 Å². The Morgan fingerprint density at radius 2 is 1.96 bits per heavy atom. The second kappa shape index (κ2) is 6.75. The van der Waals surface area contributed by atoms with Gasteiger partial charge in [0, 0.05) is 37.6 Å².